The van der Waals surface area contributed by atoms with Crippen molar-refractivity contribution >= 4 is 33.9 Å². The number of hydrogen-bond donors (Lipinski definition) is 1. The van der Waals surface area contributed by atoms with Crippen LogP contribution in [0.15, 0.2) is 48.7 Å². The summed E-state index contributed by atoms with van der Waals surface area (Å²) in [4.78, 5) is 4.35. The van der Waals surface area contributed by atoms with Crippen molar-refractivity contribution in [3.05, 3.63) is 53.7 Å². The first-order valence-electron chi connectivity index (χ1n) is 6.74. The summed E-state index contributed by atoms with van der Waals surface area (Å²) in [5.41, 5.74) is 2.59. The van der Waals surface area contributed by atoms with Crippen molar-refractivity contribution in [2.45, 2.75) is 0 Å². The number of halogens is 1. The molecule has 1 heterocycles. The van der Waals surface area contributed by atoms with E-state index in [9.17, 15) is 0 Å². The van der Waals surface area contributed by atoms with Gasteiger partial charge in [0.2, 0.25) is 0 Å². The summed E-state index contributed by atoms with van der Waals surface area (Å²) in [6, 6.07) is 13.1. The summed E-state index contributed by atoms with van der Waals surface area (Å²) < 4.78 is 10.7. The van der Waals surface area contributed by atoms with Crippen molar-refractivity contribution in [1.29, 1.82) is 0 Å². The monoisotopic (exact) mass is 314 g/mol. The van der Waals surface area contributed by atoms with Gasteiger partial charge in [0.15, 0.2) is 0 Å². The molecule has 112 valence electrons. The molecule has 0 aliphatic heterocycles. The maximum atomic E-state index is 6.10. The van der Waals surface area contributed by atoms with E-state index >= 15 is 0 Å². The van der Waals surface area contributed by atoms with Crippen LogP contribution in [0.1, 0.15) is 0 Å². The van der Waals surface area contributed by atoms with Crippen LogP contribution in [0.5, 0.6) is 11.5 Å². The number of anilines is 2. The summed E-state index contributed by atoms with van der Waals surface area (Å²) in [7, 11) is 3.27. The highest BCUT2D eigenvalue weighted by molar-refractivity contribution is 6.31. The van der Waals surface area contributed by atoms with Crippen LogP contribution in [0.2, 0.25) is 5.02 Å². The molecule has 0 bridgehead atoms. The van der Waals surface area contributed by atoms with E-state index in [-0.39, 0.29) is 0 Å². The lowest BCUT2D eigenvalue weighted by Crippen LogP contribution is -1.97. The Labute approximate surface area is 133 Å². The van der Waals surface area contributed by atoms with E-state index in [1.807, 2.05) is 42.5 Å². The highest BCUT2D eigenvalue weighted by atomic mass is 35.5. The third-order valence-electron chi connectivity index (χ3n) is 3.38. The Kier molecular flexibility index (Phi) is 4.02. The van der Waals surface area contributed by atoms with Gasteiger partial charge in [-0.25, -0.2) is 0 Å². The van der Waals surface area contributed by atoms with Gasteiger partial charge in [0.25, 0.3) is 0 Å². The van der Waals surface area contributed by atoms with Crippen LogP contribution in [0.25, 0.3) is 10.9 Å². The Morgan fingerprint density at radius 2 is 1.82 bits per heavy atom. The predicted molar refractivity (Wildman–Crippen MR) is 89.6 cm³/mol. The summed E-state index contributed by atoms with van der Waals surface area (Å²) in [6.07, 6.45) is 1.76. The fourth-order valence-corrected chi connectivity index (χ4v) is 2.46. The fourth-order valence-electron chi connectivity index (χ4n) is 2.28. The molecule has 5 heteroatoms. The minimum Gasteiger partial charge on any atom is -0.497 e. The van der Waals surface area contributed by atoms with E-state index < -0.39 is 0 Å². The van der Waals surface area contributed by atoms with Gasteiger partial charge in [-0.05, 0) is 36.4 Å². The van der Waals surface area contributed by atoms with E-state index in [0.29, 0.717) is 5.02 Å². The first-order chi connectivity index (χ1) is 10.7. The molecule has 0 unspecified atom stereocenters. The molecule has 0 aliphatic rings. The SMILES string of the molecule is COc1ccc(OC)c(Nc2ccnc3ccc(Cl)cc23)c1. The third kappa shape index (κ3) is 2.78. The van der Waals surface area contributed by atoms with Gasteiger partial charge in [-0.15, -0.1) is 0 Å². The van der Waals surface area contributed by atoms with Crippen molar-refractivity contribution < 1.29 is 9.47 Å². The number of hydrogen-bond acceptors (Lipinski definition) is 4. The number of nitrogens with one attached hydrogen (secondary N) is 1. The molecule has 0 radical (unpaired) electrons. The van der Waals surface area contributed by atoms with Gasteiger partial charge in [-0.1, -0.05) is 11.6 Å². The molecule has 3 rings (SSSR count). The van der Waals surface area contributed by atoms with Crippen molar-refractivity contribution in [2.24, 2.45) is 0 Å². The lowest BCUT2D eigenvalue weighted by Gasteiger charge is -2.14. The second-order valence-electron chi connectivity index (χ2n) is 4.71. The van der Waals surface area contributed by atoms with Gasteiger partial charge < -0.3 is 14.8 Å². The molecule has 3 aromatic rings. The first kappa shape index (κ1) is 14.5. The Hall–Kier alpha value is -2.46. The number of ether oxygens (including phenoxy) is 2. The summed E-state index contributed by atoms with van der Waals surface area (Å²) >= 11 is 6.10. The lowest BCUT2D eigenvalue weighted by atomic mass is 10.1. The molecule has 0 amide bonds. The maximum Gasteiger partial charge on any atom is 0.142 e. The van der Waals surface area contributed by atoms with Crippen LogP contribution < -0.4 is 14.8 Å². The average molecular weight is 315 g/mol. The van der Waals surface area contributed by atoms with E-state index in [4.69, 9.17) is 21.1 Å². The van der Waals surface area contributed by atoms with Crippen LogP contribution in [-0.4, -0.2) is 19.2 Å². The Balaban J connectivity index is 2.08. The van der Waals surface area contributed by atoms with E-state index in [0.717, 1.165) is 33.8 Å². The minimum absolute atomic E-state index is 0.668. The zero-order valence-corrected chi connectivity index (χ0v) is 13.0. The summed E-state index contributed by atoms with van der Waals surface area (Å²) in [5.74, 6) is 1.48. The van der Waals surface area contributed by atoms with Crippen LogP contribution in [-0.2, 0) is 0 Å². The summed E-state index contributed by atoms with van der Waals surface area (Å²) in [5, 5.41) is 4.98. The average Bonchev–Trinajstić information content (AvgIpc) is 2.55. The van der Waals surface area contributed by atoms with Gasteiger partial charge in [-0.2, -0.15) is 0 Å². The topological polar surface area (TPSA) is 43.4 Å². The maximum absolute atomic E-state index is 6.10. The molecule has 0 atom stereocenters. The normalized spacial score (nSPS) is 10.5. The number of benzene rings is 2. The largest absolute Gasteiger partial charge is 0.497 e. The molecule has 0 saturated heterocycles. The Morgan fingerprint density at radius 1 is 0.955 bits per heavy atom. The van der Waals surface area contributed by atoms with Gasteiger partial charge >= 0.3 is 0 Å². The second-order valence-corrected chi connectivity index (χ2v) is 5.15. The lowest BCUT2D eigenvalue weighted by molar-refractivity contribution is 0.405. The molecule has 0 spiro atoms. The molecular formula is C17H15ClN2O2. The van der Waals surface area contributed by atoms with Crippen LogP contribution in [0, 0.1) is 0 Å². The molecule has 1 N–H and O–H groups in total. The minimum atomic E-state index is 0.668. The van der Waals surface area contributed by atoms with Crippen molar-refractivity contribution in [2.75, 3.05) is 19.5 Å². The smallest absolute Gasteiger partial charge is 0.142 e. The highest BCUT2D eigenvalue weighted by Crippen LogP contribution is 2.34. The molecule has 0 fully saturated rings. The molecule has 2 aromatic carbocycles. The number of nitrogens with zero attached hydrogens (tertiary/aromatic N) is 1. The van der Waals surface area contributed by atoms with E-state index in [1.54, 1.807) is 20.4 Å². The van der Waals surface area contributed by atoms with Gasteiger partial charge in [0, 0.05) is 28.4 Å². The van der Waals surface area contributed by atoms with E-state index in [2.05, 4.69) is 10.3 Å². The molecule has 1 aromatic heterocycles. The zero-order chi connectivity index (χ0) is 15.5. The van der Waals surface area contributed by atoms with Crippen molar-refractivity contribution in [3.8, 4) is 11.5 Å². The van der Waals surface area contributed by atoms with Crippen LogP contribution in [0.4, 0.5) is 11.4 Å². The van der Waals surface area contributed by atoms with Crippen LogP contribution in [0.3, 0.4) is 0 Å². The first-order valence-corrected chi connectivity index (χ1v) is 7.12. The standard InChI is InChI=1S/C17H15ClN2O2/c1-21-12-4-6-17(22-2)16(10-12)20-15-7-8-19-14-5-3-11(18)9-13(14)15/h3-10H,1-2H3,(H,19,20). The quantitative estimate of drug-likeness (QED) is 0.761. The summed E-state index contributed by atoms with van der Waals surface area (Å²) in [6.45, 7) is 0. The number of rotatable bonds is 4. The number of methoxy groups -OCH3 is 2. The second kappa shape index (κ2) is 6.12. The zero-order valence-electron chi connectivity index (χ0n) is 12.3. The molecule has 4 nitrogen and oxygen atoms in total. The molecule has 0 saturated carbocycles. The molecular weight excluding hydrogens is 300 g/mol. The van der Waals surface area contributed by atoms with Crippen molar-refractivity contribution in [1.82, 2.24) is 4.98 Å². The Morgan fingerprint density at radius 3 is 2.59 bits per heavy atom. The number of fused-ring (bicyclic) bond motifs is 1. The third-order valence-corrected chi connectivity index (χ3v) is 3.61. The van der Waals surface area contributed by atoms with Crippen LogP contribution >= 0.6 is 11.6 Å². The van der Waals surface area contributed by atoms with Gasteiger partial charge in [0.1, 0.15) is 11.5 Å². The fraction of sp³-hybridized carbons (Fsp3) is 0.118. The predicted octanol–water partition coefficient (Wildman–Crippen LogP) is 4.65. The van der Waals surface area contributed by atoms with Gasteiger partial charge in [0.05, 0.1) is 25.4 Å². The number of aromatic nitrogens is 1. The van der Waals surface area contributed by atoms with Crippen molar-refractivity contribution in [3.63, 3.8) is 0 Å². The van der Waals surface area contributed by atoms with Gasteiger partial charge in [-0.3, -0.25) is 4.98 Å². The van der Waals surface area contributed by atoms with E-state index in [1.165, 1.54) is 0 Å². The number of pyridine rings is 1. The highest BCUT2D eigenvalue weighted by Gasteiger charge is 2.08. The molecule has 0 aliphatic carbocycles. The Bertz CT molecular complexity index is 821. The molecule has 22 heavy (non-hydrogen) atoms.